The molecule has 2 aromatic rings. The van der Waals surface area contributed by atoms with Crippen LogP contribution in [0, 0.1) is 19.7 Å². The van der Waals surface area contributed by atoms with Gasteiger partial charge in [0.25, 0.3) is 5.91 Å². The highest BCUT2D eigenvalue weighted by Gasteiger charge is 2.19. The largest absolute Gasteiger partial charge is 0.374 e. The highest BCUT2D eigenvalue weighted by atomic mass is 19.1. The Bertz CT molecular complexity index is 669. The molecule has 0 heterocycles. The van der Waals surface area contributed by atoms with Crippen molar-refractivity contribution in [1.29, 1.82) is 0 Å². The first kappa shape index (κ1) is 17.9. The van der Waals surface area contributed by atoms with Crippen molar-refractivity contribution < 1.29 is 19.1 Å². The van der Waals surface area contributed by atoms with Gasteiger partial charge in [-0.05, 0) is 42.7 Å². The number of anilines is 1. The summed E-state index contributed by atoms with van der Waals surface area (Å²) < 4.78 is 19.2. The first-order valence-corrected chi connectivity index (χ1v) is 7.60. The molecular weight excluding hydrogens is 311 g/mol. The van der Waals surface area contributed by atoms with Crippen molar-refractivity contribution in [3.8, 4) is 0 Å². The number of halogens is 1. The standard InChI is InChI=1S/C18H21FN2O3/c1-12-8-15(9-13(2)17(12)19)20-16(18(22)21-23)11-24-10-14-6-4-3-5-7-14/h3-9,16,20,23H,10-11H2,1-2H3,(H,21,22)/t16-/m1/s1. The molecule has 0 bridgehead atoms. The Morgan fingerprint density at radius 3 is 2.42 bits per heavy atom. The monoisotopic (exact) mass is 332 g/mol. The van der Waals surface area contributed by atoms with Crippen LogP contribution in [0.25, 0.3) is 0 Å². The van der Waals surface area contributed by atoms with E-state index < -0.39 is 11.9 Å². The van der Waals surface area contributed by atoms with E-state index in [1.54, 1.807) is 31.5 Å². The number of aryl methyl sites for hydroxylation is 2. The van der Waals surface area contributed by atoms with Gasteiger partial charge in [0.15, 0.2) is 0 Å². The summed E-state index contributed by atoms with van der Waals surface area (Å²) in [5.41, 5.74) is 4.14. The van der Waals surface area contributed by atoms with Crippen LogP contribution in [0.1, 0.15) is 16.7 Å². The minimum Gasteiger partial charge on any atom is -0.374 e. The lowest BCUT2D eigenvalue weighted by molar-refractivity contribution is -0.131. The number of rotatable bonds is 7. The number of hydrogen-bond donors (Lipinski definition) is 3. The molecule has 2 rings (SSSR count). The van der Waals surface area contributed by atoms with Gasteiger partial charge in [-0.3, -0.25) is 10.0 Å². The molecule has 3 N–H and O–H groups in total. The van der Waals surface area contributed by atoms with Gasteiger partial charge in [-0.2, -0.15) is 0 Å². The second-order valence-corrected chi connectivity index (χ2v) is 5.60. The number of amides is 1. The number of carbonyl (C=O) groups is 1. The number of nitrogens with one attached hydrogen (secondary N) is 2. The van der Waals surface area contributed by atoms with Crippen LogP contribution in [0.5, 0.6) is 0 Å². The van der Waals surface area contributed by atoms with Crippen molar-refractivity contribution in [3.63, 3.8) is 0 Å². The Hall–Kier alpha value is -2.44. The molecule has 0 radical (unpaired) electrons. The lowest BCUT2D eigenvalue weighted by Crippen LogP contribution is -2.41. The number of benzene rings is 2. The van der Waals surface area contributed by atoms with Crippen LogP contribution in [-0.2, 0) is 16.1 Å². The van der Waals surface area contributed by atoms with Gasteiger partial charge in [-0.15, -0.1) is 0 Å². The van der Waals surface area contributed by atoms with Crippen LogP contribution in [0.15, 0.2) is 42.5 Å². The Balaban J connectivity index is 2.02. The third-order valence-electron chi connectivity index (χ3n) is 3.60. The predicted octanol–water partition coefficient (Wildman–Crippen LogP) is 2.95. The van der Waals surface area contributed by atoms with E-state index in [0.29, 0.717) is 23.4 Å². The van der Waals surface area contributed by atoms with Gasteiger partial charge in [0.05, 0.1) is 13.2 Å². The fourth-order valence-electron chi connectivity index (χ4n) is 2.36. The minimum absolute atomic E-state index is 0.0523. The summed E-state index contributed by atoms with van der Waals surface area (Å²) in [5, 5.41) is 11.9. The van der Waals surface area contributed by atoms with E-state index in [-0.39, 0.29) is 12.4 Å². The molecule has 0 unspecified atom stereocenters. The lowest BCUT2D eigenvalue weighted by Gasteiger charge is -2.19. The normalized spacial score (nSPS) is 11.8. The number of carbonyl (C=O) groups excluding carboxylic acids is 1. The molecule has 2 aromatic carbocycles. The van der Waals surface area contributed by atoms with E-state index in [1.165, 1.54) is 0 Å². The fourth-order valence-corrected chi connectivity index (χ4v) is 2.36. The highest BCUT2D eigenvalue weighted by molar-refractivity contribution is 5.83. The summed E-state index contributed by atoms with van der Waals surface area (Å²) in [6.07, 6.45) is 0. The van der Waals surface area contributed by atoms with E-state index in [4.69, 9.17) is 9.94 Å². The molecule has 0 aromatic heterocycles. The number of ether oxygens (including phenoxy) is 1. The molecule has 0 aliphatic carbocycles. The zero-order valence-electron chi connectivity index (χ0n) is 13.7. The van der Waals surface area contributed by atoms with Gasteiger partial charge < -0.3 is 10.1 Å². The van der Waals surface area contributed by atoms with Crippen LogP contribution in [0.4, 0.5) is 10.1 Å². The van der Waals surface area contributed by atoms with Crippen molar-refractivity contribution in [2.24, 2.45) is 0 Å². The molecule has 0 saturated carbocycles. The minimum atomic E-state index is -0.803. The van der Waals surface area contributed by atoms with Gasteiger partial charge in [-0.25, -0.2) is 9.87 Å². The molecule has 5 nitrogen and oxygen atoms in total. The molecular formula is C18H21FN2O3. The van der Waals surface area contributed by atoms with Gasteiger partial charge >= 0.3 is 0 Å². The Morgan fingerprint density at radius 1 is 1.21 bits per heavy atom. The predicted molar refractivity (Wildman–Crippen MR) is 89.3 cm³/mol. The first-order chi connectivity index (χ1) is 11.5. The summed E-state index contributed by atoms with van der Waals surface area (Å²) in [6.45, 7) is 3.71. The third kappa shape index (κ3) is 4.78. The molecule has 6 heteroatoms. The summed E-state index contributed by atoms with van der Waals surface area (Å²) in [4.78, 5) is 11.8. The molecule has 0 saturated heterocycles. The molecule has 1 amide bonds. The van der Waals surface area contributed by atoms with Gasteiger partial charge in [0.1, 0.15) is 11.9 Å². The molecule has 128 valence electrons. The summed E-state index contributed by atoms with van der Waals surface area (Å²) in [7, 11) is 0. The number of hydrogen-bond acceptors (Lipinski definition) is 4. The van der Waals surface area contributed by atoms with E-state index in [1.807, 2.05) is 30.3 Å². The maximum Gasteiger partial charge on any atom is 0.268 e. The van der Waals surface area contributed by atoms with Crippen molar-refractivity contribution >= 4 is 11.6 Å². The molecule has 1 atom stereocenters. The SMILES string of the molecule is Cc1cc(N[C@H](COCc2ccccc2)C(=O)NO)cc(C)c1F. The third-order valence-corrected chi connectivity index (χ3v) is 3.60. The second kappa shape index (κ2) is 8.42. The highest BCUT2D eigenvalue weighted by Crippen LogP contribution is 2.19. The van der Waals surface area contributed by atoms with Gasteiger partial charge in [-0.1, -0.05) is 30.3 Å². The Morgan fingerprint density at radius 2 is 1.83 bits per heavy atom. The molecule has 0 aliphatic heterocycles. The van der Waals surface area contributed by atoms with Crippen LogP contribution >= 0.6 is 0 Å². The lowest BCUT2D eigenvalue weighted by atomic mass is 10.1. The van der Waals surface area contributed by atoms with E-state index in [0.717, 1.165) is 5.56 Å². The second-order valence-electron chi connectivity index (χ2n) is 5.60. The maximum atomic E-state index is 13.7. The van der Waals surface area contributed by atoms with Crippen molar-refractivity contribution in [3.05, 3.63) is 65.0 Å². The van der Waals surface area contributed by atoms with Crippen molar-refractivity contribution in [2.75, 3.05) is 11.9 Å². The van der Waals surface area contributed by atoms with Crippen LogP contribution in [-0.4, -0.2) is 23.8 Å². The molecule has 24 heavy (non-hydrogen) atoms. The van der Waals surface area contributed by atoms with E-state index in [9.17, 15) is 9.18 Å². The summed E-state index contributed by atoms with van der Waals surface area (Å²) >= 11 is 0. The molecule has 0 spiro atoms. The van der Waals surface area contributed by atoms with E-state index in [2.05, 4.69) is 5.32 Å². The Kier molecular flexibility index (Phi) is 6.28. The number of hydroxylamine groups is 1. The van der Waals surface area contributed by atoms with Crippen LogP contribution < -0.4 is 10.8 Å². The smallest absolute Gasteiger partial charge is 0.268 e. The van der Waals surface area contributed by atoms with Crippen LogP contribution in [0.2, 0.25) is 0 Å². The maximum absolute atomic E-state index is 13.7. The average molecular weight is 332 g/mol. The average Bonchev–Trinajstić information content (AvgIpc) is 2.59. The van der Waals surface area contributed by atoms with E-state index >= 15 is 0 Å². The topological polar surface area (TPSA) is 70.6 Å². The quantitative estimate of drug-likeness (QED) is 0.538. The van der Waals surface area contributed by atoms with Gasteiger partial charge in [0.2, 0.25) is 0 Å². The first-order valence-electron chi connectivity index (χ1n) is 7.60. The van der Waals surface area contributed by atoms with Crippen molar-refractivity contribution in [2.45, 2.75) is 26.5 Å². The van der Waals surface area contributed by atoms with Crippen LogP contribution in [0.3, 0.4) is 0 Å². The fraction of sp³-hybridized carbons (Fsp3) is 0.278. The molecule has 0 aliphatic rings. The van der Waals surface area contributed by atoms with Gasteiger partial charge in [0, 0.05) is 5.69 Å². The zero-order chi connectivity index (χ0) is 17.5. The zero-order valence-corrected chi connectivity index (χ0v) is 13.7. The summed E-state index contributed by atoms with van der Waals surface area (Å²) in [5.74, 6) is -0.897. The van der Waals surface area contributed by atoms with Crippen molar-refractivity contribution in [1.82, 2.24) is 5.48 Å². The summed E-state index contributed by atoms with van der Waals surface area (Å²) in [6, 6.07) is 12.0. The molecule has 0 fully saturated rings. The Labute approximate surface area is 140 Å².